The zero-order valence-electron chi connectivity index (χ0n) is 10.9. The number of aromatic nitrogens is 3. The maximum absolute atomic E-state index is 5.84. The van der Waals surface area contributed by atoms with Crippen LogP contribution in [-0.2, 0) is 6.42 Å². The van der Waals surface area contributed by atoms with Crippen LogP contribution in [0.15, 0.2) is 24.3 Å². The summed E-state index contributed by atoms with van der Waals surface area (Å²) in [5.41, 5.74) is 1.17. The highest BCUT2D eigenvalue weighted by Gasteiger charge is 2.05. The van der Waals surface area contributed by atoms with E-state index in [9.17, 15) is 0 Å². The van der Waals surface area contributed by atoms with Crippen LogP contribution in [0.5, 0.6) is 6.01 Å². The second-order valence-corrected chi connectivity index (χ2v) is 4.72. The first-order valence-corrected chi connectivity index (χ1v) is 6.95. The molecule has 1 N–H and O–H groups in total. The Morgan fingerprint density at radius 3 is 2.55 bits per heavy atom. The van der Waals surface area contributed by atoms with Gasteiger partial charge in [0.1, 0.15) is 0 Å². The maximum Gasteiger partial charge on any atom is 0.322 e. The van der Waals surface area contributed by atoms with Crippen LogP contribution in [0.1, 0.15) is 12.5 Å². The third kappa shape index (κ3) is 4.51. The molecule has 0 atom stereocenters. The Labute approximate surface area is 127 Å². The first-order chi connectivity index (χ1) is 9.67. The molecule has 106 valence electrons. The zero-order valence-corrected chi connectivity index (χ0v) is 12.4. The molecule has 0 spiro atoms. The third-order valence-electron chi connectivity index (χ3n) is 2.47. The van der Waals surface area contributed by atoms with Gasteiger partial charge in [-0.25, -0.2) is 0 Å². The number of benzene rings is 1. The fourth-order valence-corrected chi connectivity index (χ4v) is 1.85. The molecule has 2 aromatic rings. The van der Waals surface area contributed by atoms with Crippen molar-refractivity contribution in [1.29, 1.82) is 0 Å². The van der Waals surface area contributed by atoms with Crippen molar-refractivity contribution in [3.8, 4) is 6.01 Å². The van der Waals surface area contributed by atoms with Gasteiger partial charge in [0, 0.05) is 11.6 Å². The molecule has 0 aliphatic carbocycles. The normalized spacial score (nSPS) is 10.3. The largest absolute Gasteiger partial charge is 0.464 e. The molecule has 0 radical (unpaired) electrons. The molecular formula is C13H14Cl2N4O. The lowest BCUT2D eigenvalue weighted by molar-refractivity contribution is 0.312. The van der Waals surface area contributed by atoms with E-state index < -0.39 is 0 Å². The van der Waals surface area contributed by atoms with E-state index in [2.05, 4.69) is 20.3 Å². The van der Waals surface area contributed by atoms with E-state index in [1.807, 2.05) is 31.2 Å². The van der Waals surface area contributed by atoms with Crippen LogP contribution in [0.3, 0.4) is 0 Å². The summed E-state index contributed by atoms with van der Waals surface area (Å²) in [6, 6.07) is 7.92. The molecule has 0 saturated carbocycles. The molecule has 1 heterocycles. The predicted octanol–water partition coefficient (Wildman–Crippen LogP) is 3.23. The van der Waals surface area contributed by atoms with Gasteiger partial charge in [0.25, 0.3) is 0 Å². The van der Waals surface area contributed by atoms with Gasteiger partial charge < -0.3 is 10.1 Å². The summed E-state index contributed by atoms with van der Waals surface area (Å²) in [7, 11) is 0. The van der Waals surface area contributed by atoms with Crippen molar-refractivity contribution in [2.45, 2.75) is 13.3 Å². The van der Waals surface area contributed by atoms with Crippen LogP contribution in [-0.4, -0.2) is 28.1 Å². The van der Waals surface area contributed by atoms with Gasteiger partial charge in [-0.05, 0) is 42.6 Å². The maximum atomic E-state index is 5.84. The van der Waals surface area contributed by atoms with E-state index >= 15 is 0 Å². The van der Waals surface area contributed by atoms with Gasteiger partial charge in [0.05, 0.1) is 6.61 Å². The van der Waals surface area contributed by atoms with Crippen molar-refractivity contribution >= 4 is 29.2 Å². The molecule has 2 rings (SSSR count). The lowest BCUT2D eigenvalue weighted by atomic mass is 10.1. The minimum absolute atomic E-state index is 0.109. The standard InChI is InChI=1S/C13H14Cl2N4O/c1-2-20-13-18-11(15)17-12(19-13)16-8-7-9-3-5-10(14)6-4-9/h3-6H,2,7-8H2,1H3,(H,16,17,18,19). The first-order valence-electron chi connectivity index (χ1n) is 6.20. The molecule has 0 aliphatic rings. The lowest BCUT2D eigenvalue weighted by Gasteiger charge is -2.07. The second-order valence-electron chi connectivity index (χ2n) is 3.95. The minimum atomic E-state index is 0.109. The average molecular weight is 313 g/mol. The molecule has 0 fully saturated rings. The lowest BCUT2D eigenvalue weighted by Crippen LogP contribution is -2.10. The Kier molecular flexibility index (Phi) is 5.38. The number of hydrogen-bond acceptors (Lipinski definition) is 5. The highest BCUT2D eigenvalue weighted by molar-refractivity contribution is 6.30. The van der Waals surface area contributed by atoms with Crippen LogP contribution < -0.4 is 10.1 Å². The van der Waals surface area contributed by atoms with Gasteiger partial charge in [0.15, 0.2) is 0 Å². The fraction of sp³-hybridized carbons (Fsp3) is 0.308. The van der Waals surface area contributed by atoms with Crippen LogP contribution in [0.4, 0.5) is 5.95 Å². The summed E-state index contributed by atoms with van der Waals surface area (Å²) in [4.78, 5) is 12.0. The van der Waals surface area contributed by atoms with Gasteiger partial charge in [-0.1, -0.05) is 23.7 Å². The van der Waals surface area contributed by atoms with E-state index in [0.29, 0.717) is 19.1 Å². The van der Waals surface area contributed by atoms with E-state index in [4.69, 9.17) is 27.9 Å². The van der Waals surface area contributed by atoms with Crippen molar-refractivity contribution < 1.29 is 4.74 Å². The summed E-state index contributed by atoms with van der Waals surface area (Å²) < 4.78 is 5.20. The first kappa shape index (κ1) is 14.8. The van der Waals surface area contributed by atoms with Crippen LogP contribution in [0, 0.1) is 0 Å². The van der Waals surface area contributed by atoms with Crippen molar-refractivity contribution in [3.63, 3.8) is 0 Å². The number of anilines is 1. The number of ether oxygens (including phenoxy) is 1. The van der Waals surface area contributed by atoms with Crippen molar-refractivity contribution in [2.75, 3.05) is 18.5 Å². The highest BCUT2D eigenvalue weighted by atomic mass is 35.5. The minimum Gasteiger partial charge on any atom is -0.464 e. The summed E-state index contributed by atoms with van der Waals surface area (Å²) in [5.74, 6) is 0.405. The molecule has 1 aromatic heterocycles. The molecule has 7 heteroatoms. The summed E-state index contributed by atoms with van der Waals surface area (Å²) >= 11 is 11.6. The molecule has 0 aliphatic heterocycles. The molecular weight excluding hydrogens is 299 g/mol. The molecule has 0 saturated heterocycles. The second kappa shape index (κ2) is 7.26. The third-order valence-corrected chi connectivity index (χ3v) is 2.89. The number of nitrogens with zero attached hydrogens (tertiary/aromatic N) is 3. The monoisotopic (exact) mass is 312 g/mol. The molecule has 0 amide bonds. The number of rotatable bonds is 6. The van der Waals surface area contributed by atoms with Crippen molar-refractivity contribution in [1.82, 2.24) is 15.0 Å². The molecule has 20 heavy (non-hydrogen) atoms. The Hall–Kier alpha value is -1.59. The van der Waals surface area contributed by atoms with E-state index in [-0.39, 0.29) is 11.3 Å². The van der Waals surface area contributed by atoms with Crippen LogP contribution in [0.2, 0.25) is 10.3 Å². The van der Waals surface area contributed by atoms with E-state index in [0.717, 1.165) is 11.4 Å². The van der Waals surface area contributed by atoms with Gasteiger partial charge >= 0.3 is 6.01 Å². The van der Waals surface area contributed by atoms with Crippen LogP contribution in [0.25, 0.3) is 0 Å². The van der Waals surface area contributed by atoms with Gasteiger partial charge in [0.2, 0.25) is 11.2 Å². The van der Waals surface area contributed by atoms with Gasteiger partial charge in [-0.15, -0.1) is 0 Å². The Morgan fingerprint density at radius 2 is 1.85 bits per heavy atom. The summed E-state index contributed by atoms with van der Waals surface area (Å²) in [5, 5.41) is 3.93. The van der Waals surface area contributed by atoms with Crippen LogP contribution >= 0.6 is 23.2 Å². The zero-order chi connectivity index (χ0) is 14.4. The topological polar surface area (TPSA) is 59.9 Å². The molecule has 1 aromatic carbocycles. The number of hydrogen-bond donors (Lipinski definition) is 1. The predicted molar refractivity (Wildman–Crippen MR) is 79.7 cm³/mol. The SMILES string of the molecule is CCOc1nc(Cl)nc(NCCc2ccc(Cl)cc2)n1. The Bertz CT molecular complexity index is 563. The fourth-order valence-electron chi connectivity index (χ4n) is 1.57. The number of nitrogens with one attached hydrogen (secondary N) is 1. The molecule has 0 bridgehead atoms. The quantitative estimate of drug-likeness (QED) is 0.887. The van der Waals surface area contributed by atoms with E-state index in [1.165, 1.54) is 5.56 Å². The smallest absolute Gasteiger partial charge is 0.322 e. The van der Waals surface area contributed by atoms with Gasteiger partial charge in [-0.2, -0.15) is 15.0 Å². The number of halogens is 2. The highest BCUT2D eigenvalue weighted by Crippen LogP contribution is 2.12. The van der Waals surface area contributed by atoms with Gasteiger partial charge in [-0.3, -0.25) is 0 Å². The van der Waals surface area contributed by atoms with E-state index in [1.54, 1.807) is 0 Å². The summed E-state index contributed by atoms with van der Waals surface area (Å²) in [6.45, 7) is 3.00. The Balaban J connectivity index is 1.91. The van der Waals surface area contributed by atoms with Crippen molar-refractivity contribution in [3.05, 3.63) is 40.1 Å². The van der Waals surface area contributed by atoms with Crippen molar-refractivity contribution in [2.24, 2.45) is 0 Å². The Morgan fingerprint density at radius 1 is 1.10 bits per heavy atom. The summed E-state index contributed by atoms with van der Waals surface area (Å²) in [6.07, 6.45) is 0.824. The molecule has 0 unspecified atom stereocenters. The average Bonchev–Trinajstić information content (AvgIpc) is 2.41. The molecule has 5 nitrogen and oxygen atoms in total.